The van der Waals surface area contributed by atoms with Crippen molar-refractivity contribution in [3.8, 4) is 0 Å². The highest BCUT2D eigenvalue weighted by atomic mass is 127. The zero-order valence-corrected chi connectivity index (χ0v) is 18.7. The third kappa shape index (κ3) is 8.84. The van der Waals surface area contributed by atoms with Gasteiger partial charge in [0.1, 0.15) is 0 Å². The first kappa shape index (κ1) is 23.9. The van der Waals surface area contributed by atoms with Crippen LogP contribution in [-0.2, 0) is 10.0 Å². The lowest BCUT2D eigenvalue weighted by atomic mass is 9.87. The molecule has 1 fully saturated rings. The Morgan fingerprint density at radius 2 is 1.96 bits per heavy atom. The fraction of sp³-hybridized carbons (Fsp3) is 0.938. The van der Waals surface area contributed by atoms with Crippen LogP contribution in [0, 0.1) is 5.41 Å². The van der Waals surface area contributed by atoms with E-state index in [4.69, 9.17) is 0 Å². The van der Waals surface area contributed by atoms with Crippen molar-refractivity contribution in [1.29, 1.82) is 0 Å². The predicted octanol–water partition coefficient (Wildman–Crippen LogP) is 2.41. The summed E-state index contributed by atoms with van der Waals surface area (Å²) in [5, 5.41) is 6.56. The molecule has 1 aliphatic rings. The Kier molecular flexibility index (Phi) is 11.5. The van der Waals surface area contributed by atoms with E-state index in [9.17, 15) is 8.42 Å². The van der Waals surface area contributed by atoms with Crippen molar-refractivity contribution in [2.24, 2.45) is 10.4 Å². The Morgan fingerprint density at radius 3 is 2.50 bits per heavy atom. The molecule has 0 atom stereocenters. The first-order chi connectivity index (χ1) is 10.8. The number of sulfonamides is 1. The summed E-state index contributed by atoms with van der Waals surface area (Å²) < 4.78 is 25.0. The SMILES string of the molecule is CCCCCC(C)(C)CNC(=NC)NCCN1CCCS1(=O)=O.I. The van der Waals surface area contributed by atoms with Gasteiger partial charge in [-0.25, -0.2) is 12.7 Å². The molecule has 2 N–H and O–H groups in total. The van der Waals surface area contributed by atoms with Gasteiger partial charge in [0, 0.05) is 33.2 Å². The van der Waals surface area contributed by atoms with Gasteiger partial charge in [0.25, 0.3) is 0 Å². The molecule has 0 aromatic rings. The molecule has 1 rings (SSSR count). The zero-order chi connectivity index (χ0) is 17.3. The van der Waals surface area contributed by atoms with Crippen LogP contribution in [0.15, 0.2) is 4.99 Å². The minimum absolute atomic E-state index is 0. The molecule has 6 nitrogen and oxygen atoms in total. The largest absolute Gasteiger partial charge is 0.356 e. The third-order valence-electron chi connectivity index (χ3n) is 4.27. The lowest BCUT2D eigenvalue weighted by molar-refractivity contribution is 0.318. The van der Waals surface area contributed by atoms with Crippen LogP contribution in [0.3, 0.4) is 0 Å². The number of rotatable bonds is 9. The second-order valence-corrected chi connectivity index (χ2v) is 9.13. The van der Waals surface area contributed by atoms with E-state index in [1.807, 2.05) is 0 Å². The normalized spacial score (nSPS) is 18.2. The second-order valence-electron chi connectivity index (χ2n) is 7.04. The average Bonchev–Trinajstić information content (AvgIpc) is 2.81. The zero-order valence-electron chi connectivity index (χ0n) is 15.6. The van der Waals surface area contributed by atoms with Gasteiger partial charge in [-0.1, -0.05) is 40.0 Å². The van der Waals surface area contributed by atoms with Gasteiger partial charge in [-0.3, -0.25) is 4.99 Å². The van der Waals surface area contributed by atoms with Crippen molar-refractivity contribution in [1.82, 2.24) is 14.9 Å². The molecule has 1 heterocycles. The van der Waals surface area contributed by atoms with Gasteiger partial charge in [0.15, 0.2) is 5.96 Å². The Balaban J connectivity index is 0.00000529. The molecule has 8 heteroatoms. The van der Waals surface area contributed by atoms with Crippen LogP contribution in [0.4, 0.5) is 0 Å². The molecular weight excluding hydrogens is 439 g/mol. The summed E-state index contributed by atoms with van der Waals surface area (Å²) in [5.41, 5.74) is 0.227. The predicted molar refractivity (Wildman–Crippen MR) is 113 cm³/mol. The van der Waals surface area contributed by atoms with Crippen LogP contribution in [0.25, 0.3) is 0 Å². The lowest BCUT2D eigenvalue weighted by Gasteiger charge is -2.26. The monoisotopic (exact) mass is 474 g/mol. The summed E-state index contributed by atoms with van der Waals surface area (Å²) in [4.78, 5) is 4.21. The average molecular weight is 474 g/mol. The Bertz CT molecular complexity index is 480. The summed E-state index contributed by atoms with van der Waals surface area (Å²) in [6.45, 7) is 9.33. The van der Waals surface area contributed by atoms with Crippen LogP contribution in [0.1, 0.15) is 52.9 Å². The van der Waals surface area contributed by atoms with E-state index in [-0.39, 0.29) is 35.1 Å². The van der Waals surface area contributed by atoms with Gasteiger partial charge in [-0.2, -0.15) is 0 Å². The van der Waals surface area contributed by atoms with Crippen molar-refractivity contribution in [2.75, 3.05) is 39.0 Å². The highest BCUT2D eigenvalue weighted by Gasteiger charge is 2.27. The van der Waals surface area contributed by atoms with Crippen LogP contribution in [-0.4, -0.2) is 57.7 Å². The number of guanidine groups is 1. The number of nitrogens with one attached hydrogen (secondary N) is 2. The molecule has 24 heavy (non-hydrogen) atoms. The van der Waals surface area contributed by atoms with Crippen molar-refractivity contribution < 1.29 is 8.42 Å². The molecule has 1 saturated heterocycles. The first-order valence-electron chi connectivity index (χ1n) is 8.73. The molecule has 0 aromatic carbocycles. The standard InChI is InChI=1S/C16H34N4O2S.HI/c1-5-6-7-9-16(2,3)14-19-15(17-4)18-10-12-20-11-8-13-23(20,21)22;/h5-14H2,1-4H3,(H2,17,18,19);1H. The van der Waals surface area contributed by atoms with Crippen LogP contribution >= 0.6 is 24.0 Å². The molecule has 0 saturated carbocycles. The van der Waals surface area contributed by atoms with E-state index in [2.05, 4.69) is 36.4 Å². The van der Waals surface area contributed by atoms with Crippen LogP contribution in [0.2, 0.25) is 0 Å². The van der Waals surface area contributed by atoms with Gasteiger partial charge >= 0.3 is 0 Å². The fourth-order valence-corrected chi connectivity index (χ4v) is 4.26. The molecule has 0 spiro atoms. The topological polar surface area (TPSA) is 73.8 Å². The molecular formula is C16H35IN4O2S. The number of hydrogen-bond donors (Lipinski definition) is 2. The van der Waals surface area contributed by atoms with E-state index in [1.165, 1.54) is 25.7 Å². The number of nitrogens with zero attached hydrogens (tertiary/aromatic N) is 2. The molecule has 1 aliphatic heterocycles. The summed E-state index contributed by atoms with van der Waals surface area (Å²) in [5.74, 6) is 1.02. The second kappa shape index (κ2) is 11.5. The number of halogens is 1. The molecule has 144 valence electrons. The Morgan fingerprint density at radius 1 is 1.25 bits per heavy atom. The van der Waals surface area contributed by atoms with Crippen molar-refractivity contribution in [3.63, 3.8) is 0 Å². The van der Waals surface area contributed by atoms with E-state index < -0.39 is 10.0 Å². The summed E-state index contributed by atoms with van der Waals surface area (Å²) in [6.07, 6.45) is 5.70. The lowest BCUT2D eigenvalue weighted by Crippen LogP contribution is -2.44. The Labute approximate surface area is 165 Å². The molecule has 0 aromatic heterocycles. The maximum Gasteiger partial charge on any atom is 0.214 e. The molecule has 0 radical (unpaired) electrons. The van der Waals surface area contributed by atoms with Crippen molar-refractivity contribution in [3.05, 3.63) is 0 Å². The number of hydrogen-bond acceptors (Lipinski definition) is 3. The highest BCUT2D eigenvalue weighted by molar-refractivity contribution is 14.0. The summed E-state index contributed by atoms with van der Waals surface area (Å²) >= 11 is 0. The van der Waals surface area contributed by atoms with E-state index >= 15 is 0 Å². The van der Waals surface area contributed by atoms with Crippen LogP contribution in [0.5, 0.6) is 0 Å². The van der Waals surface area contributed by atoms with Gasteiger partial charge < -0.3 is 10.6 Å². The minimum atomic E-state index is -3.01. The smallest absolute Gasteiger partial charge is 0.214 e. The fourth-order valence-electron chi connectivity index (χ4n) is 2.73. The summed E-state index contributed by atoms with van der Waals surface area (Å²) in [7, 11) is -1.26. The number of aliphatic imine (C=N–C) groups is 1. The highest BCUT2D eigenvalue weighted by Crippen LogP contribution is 2.22. The van der Waals surface area contributed by atoms with Crippen molar-refractivity contribution >= 4 is 40.0 Å². The van der Waals surface area contributed by atoms with Gasteiger partial charge in [-0.05, 0) is 18.3 Å². The van der Waals surface area contributed by atoms with Crippen molar-refractivity contribution in [2.45, 2.75) is 52.9 Å². The van der Waals surface area contributed by atoms with Gasteiger partial charge in [0.05, 0.1) is 5.75 Å². The Hall–Kier alpha value is -0.0900. The van der Waals surface area contributed by atoms with Gasteiger partial charge in [0.2, 0.25) is 10.0 Å². The number of unbranched alkanes of at least 4 members (excludes halogenated alkanes) is 2. The maximum absolute atomic E-state index is 11.7. The maximum atomic E-state index is 11.7. The van der Waals surface area contributed by atoms with E-state index in [0.717, 1.165) is 18.9 Å². The molecule has 0 amide bonds. The molecule has 0 bridgehead atoms. The minimum Gasteiger partial charge on any atom is -0.356 e. The van der Waals surface area contributed by atoms with E-state index in [0.29, 0.717) is 19.6 Å². The summed E-state index contributed by atoms with van der Waals surface area (Å²) in [6, 6.07) is 0. The third-order valence-corrected chi connectivity index (χ3v) is 6.23. The molecule has 0 aliphatic carbocycles. The first-order valence-corrected chi connectivity index (χ1v) is 10.3. The van der Waals surface area contributed by atoms with Crippen LogP contribution < -0.4 is 10.6 Å². The van der Waals surface area contributed by atoms with Gasteiger partial charge in [-0.15, -0.1) is 24.0 Å². The van der Waals surface area contributed by atoms with E-state index in [1.54, 1.807) is 11.4 Å². The quantitative estimate of drug-likeness (QED) is 0.233. The molecule has 0 unspecified atom stereocenters.